The average molecular weight is 404 g/mol. The number of benzene rings is 1. The summed E-state index contributed by atoms with van der Waals surface area (Å²) >= 11 is 1.45. The highest BCUT2D eigenvalue weighted by Gasteiger charge is 2.19. The number of aromatic nitrogens is 4. The molecule has 0 radical (unpaired) electrons. The average Bonchev–Trinajstić information content (AvgIpc) is 3.21. The van der Waals surface area contributed by atoms with Crippen molar-refractivity contribution in [1.82, 2.24) is 24.2 Å². The van der Waals surface area contributed by atoms with E-state index in [0.717, 1.165) is 67.2 Å². The fraction of sp³-hybridized carbons (Fsp3) is 0.368. The molecule has 148 valence electrons. The van der Waals surface area contributed by atoms with E-state index in [-0.39, 0.29) is 0 Å². The topological polar surface area (TPSA) is 58.0 Å². The van der Waals surface area contributed by atoms with E-state index >= 15 is 0 Å². The molecule has 9 heteroatoms. The minimum atomic E-state index is -0.799. The van der Waals surface area contributed by atoms with Crippen molar-refractivity contribution in [3.63, 3.8) is 0 Å². The molecule has 1 fully saturated rings. The molecule has 0 atom stereocenters. The third-order valence-corrected chi connectivity index (χ3v) is 5.15. The molecule has 1 aliphatic heterocycles. The number of piperazine rings is 1. The second kappa shape index (κ2) is 9.61. The predicted molar refractivity (Wildman–Crippen MR) is 106 cm³/mol. The fourth-order valence-corrected chi connectivity index (χ4v) is 3.40. The van der Waals surface area contributed by atoms with Gasteiger partial charge >= 0.3 is 0 Å². The number of aryl methyl sites for hydroxylation is 1. The van der Waals surface area contributed by atoms with Gasteiger partial charge in [-0.3, -0.25) is 0 Å². The number of hydrogen-bond acceptors (Lipinski definition) is 7. The van der Waals surface area contributed by atoms with E-state index in [1.165, 1.54) is 23.7 Å². The lowest BCUT2D eigenvalue weighted by molar-refractivity contribution is 0.271. The molecule has 3 aromatic rings. The van der Waals surface area contributed by atoms with Crippen LogP contribution in [-0.4, -0.2) is 56.9 Å². The largest absolute Gasteiger partial charge is 0.344 e. The van der Waals surface area contributed by atoms with Crippen molar-refractivity contribution in [2.24, 2.45) is 0 Å². The van der Waals surface area contributed by atoms with Gasteiger partial charge in [-0.1, -0.05) is 19.1 Å². The minimum Gasteiger partial charge on any atom is -0.344 e. The summed E-state index contributed by atoms with van der Waals surface area (Å²) in [6, 6.07) is 5.04. The van der Waals surface area contributed by atoms with Crippen LogP contribution in [-0.2, 0) is 0 Å². The van der Waals surface area contributed by atoms with Gasteiger partial charge in [0.2, 0.25) is 5.13 Å². The summed E-state index contributed by atoms with van der Waals surface area (Å²) in [5.41, 5.74) is 0.880. The number of rotatable bonds is 3. The first-order chi connectivity index (χ1) is 13.6. The van der Waals surface area contributed by atoms with Crippen LogP contribution in [0.4, 0.5) is 13.9 Å². The van der Waals surface area contributed by atoms with Gasteiger partial charge in [-0.15, -0.1) is 0 Å². The second-order valence-electron chi connectivity index (χ2n) is 6.25. The van der Waals surface area contributed by atoms with Gasteiger partial charge in [-0.25, -0.2) is 18.7 Å². The van der Waals surface area contributed by atoms with Crippen LogP contribution >= 0.6 is 11.5 Å². The smallest absolute Gasteiger partial charge is 0.205 e. The third-order valence-electron chi connectivity index (χ3n) is 4.37. The first-order valence-electron chi connectivity index (χ1n) is 9.07. The Morgan fingerprint density at radius 2 is 1.61 bits per heavy atom. The van der Waals surface area contributed by atoms with Crippen LogP contribution in [0.3, 0.4) is 0 Å². The fourth-order valence-electron chi connectivity index (χ4n) is 2.66. The Labute approximate surface area is 167 Å². The Kier molecular flexibility index (Phi) is 6.94. The molecule has 0 saturated carbocycles. The molecule has 0 N–H and O–H groups in total. The zero-order valence-electron chi connectivity index (χ0n) is 15.8. The van der Waals surface area contributed by atoms with Crippen molar-refractivity contribution in [2.45, 2.75) is 13.8 Å². The van der Waals surface area contributed by atoms with Crippen molar-refractivity contribution in [1.29, 1.82) is 0 Å². The standard InChI is InChI=1S/C13H18N6S.C6H4F2/c1-3-18-4-6-19(7-5-18)13-16-12(17-20-13)11-8-14-10(2)15-9-11;7-5-3-1-2-4-6(5)8/h8-9H,3-7H2,1-2H3;1-4H. The quantitative estimate of drug-likeness (QED) is 0.667. The Morgan fingerprint density at radius 1 is 1.00 bits per heavy atom. The van der Waals surface area contributed by atoms with E-state index in [2.05, 4.69) is 36.0 Å². The van der Waals surface area contributed by atoms with E-state index in [9.17, 15) is 8.78 Å². The molecule has 28 heavy (non-hydrogen) atoms. The van der Waals surface area contributed by atoms with Crippen molar-refractivity contribution in [2.75, 3.05) is 37.6 Å². The Hall–Kier alpha value is -2.52. The lowest BCUT2D eigenvalue weighted by Gasteiger charge is -2.33. The molecule has 1 aliphatic rings. The van der Waals surface area contributed by atoms with Crippen molar-refractivity contribution < 1.29 is 8.78 Å². The minimum absolute atomic E-state index is 0.725. The zero-order valence-corrected chi connectivity index (χ0v) is 16.7. The lowest BCUT2D eigenvalue weighted by atomic mass is 10.3. The molecular formula is C19H22F2N6S. The molecule has 1 saturated heterocycles. The second-order valence-corrected chi connectivity index (χ2v) is 6.99. The summed E-state index contributed by atoms with van der Waals surface area (Å²) in [5, 5.41) is 0.997. The first-order valence-corrected chi connectivity index (χ1v) is 9.84. The molecule has 6 nitrogen and oxygen atoms in total. The van der Waals surface area contributed by atoms with Crippen molar-refractivity contribution in [3.8, 4) is 11.4 Å². The predicted octanol–water partition coefficient (Wildman–Crippen LogP) is 3.41. The van der Waals surface area contributed by atoms with Gasteiger partial charge in [0.25, 0.3) is 0 Å². The van der Waals surface area contributed by atoms with Crippen molar-refractivity contribution >= 4 is 16.7 Å². The molecule has 1 aromatic carbocycles. The lowest BCUT2D eigenvalue weighted by Crippen LogP contribution is -2.46. The maximum atomic E-state index is 11.9. The third kappa shape index (κ3) is 5.26. The van der Waals surface area contributed by atoms with E-state index in [1.54, 1.807) is 12.4 Å². The number of nitrogens with zero attached hydrogens (tertiary/aromatic N) is 6. The van der Waals surface area contributed by atoms with Gasteiger partial charge < -0.3 is 9.80 Å². The van der Waals surface area contributed by atoms with E-state index in [1.807, 2.05) is 6.92 Å². The summed E-state index contributed by atoms with van der Waals surface area (Å²) in [6.07, 6.45) is 3.56. The van der Waals surface area contributed by atoms with Crippen LogP contribution in [0.25, 0.3) is 11.4 Å². The summed E-state index contributed by atoms with van der Waals surface area (Å²) < 4.78 is 28.3. The monoisotopic (exact) mass is 404 g/mol. The number of halogens is 2. The van der Waals surface area contributed by atoms with Crippen LogP contribution in [0.5, 0.6) is 0 Å². The van der Waals surface area contributed by atoms with Gasteiger partial charge in [-0.05, 0) is 25.6 Å². The zero-order chi connectivity index (χ0) is 19.9. The molecule has 0 spiro atoms. The van der Waals surface area contributed by atoms with Gasteiger partial charge in [0.05, 0.1) is 5.56 Å². The number of hydrogen-bond donors (Lipinski definition) is 0. The van der Waals surface area contributed by atoms with Crippen LogP contribution in [0.15, 0.2) is 36.7 Å². The van der Waals surface area contributed by atoms with Gasteiger partial charge in [0.1, 0.15) is 5.82 Å². The summed E-state index contributed by atoms with van der Waals surface area (Å²) in [6.45, 7) is 9.43. The molecular weight excluding hydrogens is 382 g/mol. The maximum absolute atomic E-state index is 11.9. The van der Waals surface area contributed by atoms with E-state index < -0.39 is 11.6 Å². The van der Waals surface area contributed by atoms with Crippen LogP contribution in [0.2, 0.25) is 0 Å². The van der Waals surface area contributed by atoms with E-state index in [0.29, 0.717) is 0 Å². The SMILES string of the molecule is CCN1CCN(c2nc(-c3cnc(C)nc3)ns2)CC1.Fc1ccccc1F. The maximum Gasteiger partial charge on any atom is 0.205 e. The van der Waals surface area contributed by atoms with Crippen molar-refractivity contribution in [3.05, 3.63) is 54.1 Å². The van der Waals surface area contributed by atoms with Gasteiger partial charge in [-0.2, -0.15) is 9.36 Å². The Morgan fingerprint density at radius 3 is 2.14 bits per heavy atom. The van der Waals surface area contributed by atoms with Crippen LogP contribution in [0.1, 0.15) is 12.7 Å². The van der Waals surface area contributed by atoms with Gasteiger partial charge in [0.15, 0.2) is 17.5 Å². The first kappa shape index (κ1) is 20.2. The molecule has 0 unspecified atom stereocenters. The van der Waals surface area contributed by atoms with E-state index in [4.69, 9.17) is 0 Å². The number of likely N-dealkylation sites (N-methyl/N-ethyl adjacent to an activating group) is 1. The molecule has 4 rings (SSSR count). The molecule has 0 aliphatic carbocycles. The number of anilines is 1. The summed E-state index contributed by atoms with van der Waals surface area (Å²) in [5.74, 6) is -0.109. The Balaban J connectivity index is 0.000000236. The summed E-state index contributed by atoms with van der Waals surface area (Å²) in [7, 11) is 0. The summed E-state index contributed by atoms with van der Waals surface area (Å²) in [4.78, 5) is 17.8. The highest BCUT2D eigenvalue weighted by molar-refractivity contribution is 7.09. The molecule has 0 amide bonds. The highest BCUT2D eigenvalue weighted by atomic mass is 32.1. The normalized spacial score (nSPS) is 14.5. The van der Waals surface area contributed by atoms with Gasteiger partial charge in [0, 0.05) is 50.1 Å². The van der Waals surface area contributed by atoms with Crippen LogP contribution < -0.4 is 4.90 Å². The highest BCUT2D eigenvalue weighted by Crippen LogP contribution is 2.24. The molecule has 0 bridgehead atoms. The molecule has 3 heterocycles. The van der Waals surface area contributed by atoms with Crippen LogP contribution in [0, 0.1) is 18.6 Å². The molecule has 2 aromatic heterocycles. The Bertz CT molecular complexity index is 857.